The Morgan fingerprint density at radius 1 is 1.20 bits per heavy atom. The largest absolute Gasteiger partial charge is 0.496 e. The van der Waals surface area contributed by atoms with Crippen molar-refractivity contribution in [1.29, 1.82) is 0 Å². The fraction of sp³-hybridized carbons (Fsp3) is 0.0667. The van der Waals surface area contributed by atoms with Crippen molar-refractivity contribution >= 4 is 11.6 Å². The lowest BCUT2D eigenvalue weighted by Gasteiger charge is -2.04. The first-order valence-corrected chi connectivity index (χ1v) is 6.04. The second-order valence-electron chi connectivity index (χ2n) is 4.31. The molecule has 0 aliphatic carbocycles. The number of imidazole rings is 1. The topological polar surface area (TPSA) is 63.8 Å². The van der Waals surface area contributed by atoms with E-state index < -0.39 is 5.97 Å². The highest BCUT2D eigenvalue weighted by molar-refractivity contribution is 5.87. The molecule has 2 aromatic heterocycles. The van der Waals surface area contributed by atoms with Crippen LogP contribution in [0.15, 0.2) is 48.8 Å². The summed E-state index contributed by atoms with van der Waals surface area (Å²) in [5.74, 6) is -0.228. The third kappa shape index (κ3) is 1.99. The Labute approximate surface area is 115 Å². The number of aromatic nitrogens is 2. The highest BCUT2D eigenvalue weighted by atomic mass is 16.5. The number of carbonyl (C=O) groups is 1. The molecule has 0 spiro atoms. The fourth-order valence-corrected chi connectivity index (χ4v) is 2.10. The van der Waals surface area contributed by atoms with Crippen molar-refractivity contribution in [3.05, 3.63) is 54.4 Å². The molecule has 1 N–H and O–H groups in total. The Kier molecular flexibility index (Phi) is 2.87. The molecule has 0 saturated heterocycles. The van der Waals surface area contributed by atoms with Crippen LogP contribution in [0.5, 0.6) is 5.75 Å². The smallest absolute Gasteiger partial charge is 0.337 e. The van der Waals surface area contributed by atoms with E-state index in [1.54, 1.807) is 30.0 Å². The molecule has 0 unspecified atom stereocenters. The van der Waals surface area contributed by atoms with Crippen LogP contribution in [0.25, 0.3) is 16.9 Å². The summed E-state index contributed by atoms with van der Waals surface area (Å²) < 4.78 is 7.01. The number of fused-ring (bicyclic) bond motifs is 1. The Morgan fingerprint density at radius 3 is 2.75 bits per heavy atom. The van der Waals surface area contributed by atoms with E-state index in [-0.39, 0.29) is 5.56 Å². The quantitative estimate of drug-likeness (QED) is 0.793. The molecule has 3 rings (SSSR count). The first-order valence-electron chi connectivity index (χ1n) is 6.04. The maximum atomic E-state index is 11.0. The Bertz CT molecular complexity index is 793. The van der Waals surface area contributed by atoms with E-state index in [0.717, 1.165) is 17.0 Å². The van der Waals surface area contributed by atoms with Crippen LogP contribution in [0.2, 0.25) is 0 Å². The van der Waals surface area contributed by atoms with Gasteiger partial charge in [-0.15, -0.1) is 0 Å². The molecule has 0 atom stereocenters. The highest BCUT2D eigenvalue weighted by Crippen LogP contribution is 2.28. The van der Waals surface area contributed by atoms with Gasteiger partial charge in [-0.2, -0.15) is 0 Å². The van der Waals surface area contributed by atoms with Gasteiger partial charge in [0.05, 0.1) is 18.4 Å². The molecule has 5 heteroatoms. The van der Waals surface area contributed by atoms with E-state index in [0.29, 0.717) is 5.65 Å². The number of pyridine rings is 1. The average molecular weight is 268 g/mol. The van der Waals surface area contributed by atoms with Crippen LogP contribution < -0.4 is 4.74 Å². The summed E-state index contributed by atoms with van der Waals surface area (Å²) in [5, 5.41) is 9.00. The molecule has 0 aliphatic rings. The van der Waals surface area contributed by atoms with Crippen molar-refractivity contribution in [2.75, 3.05) is 7.11 Å². The highest BCUT2D eigenvalue weighted by Gasteiger charge is 2.10. The van der Waals surface area contributed by atoms with Gasteiger partial charge in [-0.05, 0) is 24.3 Å². The summed E-state index contributed by atoms with van der Waals surface area (Å²) in [5.41, 5.74) is 2.53. The van der Waals surface area contributed by atoms with Crippen molar-refractivity contribution in [3.8, 4) is 17.0 Å². The third-order valence-corrected chi connectivity index (χ3v) is 3.08. The molecule has 2 heterocycles. The van der Waals surface area contributed by atoms with Gasteiger partial charge in [-0.3, -0.25) is 0 Å². The number of rotatable bonds is 3. The number of ether oxygens (including phenoxy) is 1. The normalized spacial score (nSPS) is 10.7. The zero-order valence-electron chi connectivity index (χ0n) is 10.8. The number of carboxylic acid groups (broad SMARTS) is 1. The lowest BCUT2D eigenvalue weighted by atomic mass is 10.1. The summed E-state index contributed by atoms with van der Waals surface area (Å²) in [7, 11) is 1.61. The molecule has 0 amide bonds. The summed E-state index contributed by atoms with van der Waals surface area (Å²) >= 11 is 0. The molecule has 0 fully saturated rings. The van der Waals surface area contributed by atoms with Crippen molar-refractivity contribution in [2.45, 2.75) is 0 Å². The zero-order chi connectivity index (χ0) is 14.1. The van der Waals surface area contributed by atoms with Gasteiger partial charge >= 0.3 is 5.97 Å². The van der Waals surface area contributed by atoms with E-state index in [9.17, 15) is 4.79 Å². The number of aromatic carboxylic acids is 1. The standard InChI is InChI=1S/C15H12N2O3/c1-20-13-5-3-2-4-11(13)12-9-17-8-10(15(18)19)6-7-14(17)16-12/h2-9H,1H3,(H,18,19). The lowest BCUT2D eigenvalue weighted by Crippen LogP contribution is -1.97. The minimum absolute atomic E-state index is 0.224. The van der Waals surface area contributed by atoms with E-state index in [1.807, 2.05) is 24.3 Å². The molecule has 0 saturated carbocycles. The van der Waals surface area contributed by atoms with Gasteiger partial charge in [0.1, 0.15) is 11.4 Å². The summed E-state index contributed by atoms with van der Waals surface area (Å²) in [6.07, 6.45) is 3.34. The van der Waals surface area contributed by atoms with Crippen molar-refractivity contribution in [2.24, 2.45) is 0 Å². The molecule has 0 aliphatic heterocycles. The van der Waals surface area contributed by atoms with Crippen LogP contribution in [-0.2, 0) is 0 Å². The minimum Gasteiger partial charge on any atom is -0.496 e. The van der Waals surface area contributed by atoms with Gasteiger partial charge in [0, 0.05) is 18.0 Å². The van der Waals surface area contributed by atoms with Crippen LogP contribution in [-0.4, -0.2) is 27.6 Å². The van der Waals surface area contributed by atoms with E-state index in [4.69, 9.17) is 9.84 Å². The van der Waals surface area contributed by atoms with Gasteiger partial charge < -0.3 is 14.2 Å². The molecule has 0 bridgehead atoms. The average Bonchev–Trinajstić information content (AvgIpc) is 2.89. The summed E-state index contributed by atoms with van der Waals surface area (Å²) in [4.78, 5) is 15.5. The van der Waals surface area contributed by atoms with Gasteiger partial charge in [-0.25, -0.2) is 9.78 Å². The summed E-state index contributed by atoms with van der Waals surface area (Å²) in [6, 6.07) is 10.8. The number of benzene rings is 1. The monoisotopic (exact) mass is 268 g/mol. The van der Waals surface area contributed by atoms with E-state index >= 15 is 0 Å². The van der Waals surface area contributed by atoms with Crippen LogP contribution in [0.4, 0.5) is 0 Å². The minimum atomic E-state index is -0.959. The van der Waals surface area contributed by atoms with Crippen LogP contribution in [0.3, 0.4) is 0 Å². The van der Waals surface area contributed by atoms with Gasteiger partial charge in [0.15, 0.2) is 0 Å². The molecule has 0 radical (unpaired) electrons. The van der Waals surface area contributed by atoms with Gasteiger partial charge in [0.25, 0.3) is 0 Å². The molecule has 5 nitrogen and oxygen atoms in total. The predicted octanol–water partition coefficient (Wildman–Crippen LogP) is 2.71. The second kappa shape index (κ2) is 4.70. The van der Waals surface area contributed by atoms with Gasteiger partial charge in [0.2, 0.25) is 0 Å². The van der Waals surface area contributed by atoms with E-state index in [1.165, 1.54) is 6.07 Å². The number of carboxylic acids is 1. The predicted molar refractivity (Wildman–Crippen MR) is 74.1 cm³/mol. The molecule has 1 aromatic carbocycles. The molecule has 3 aromatic rings. The van der Waals surface area contributed by atoms with E-state index in [2.05, 4.69) is 4.98 Å². The third-order valence-electron chi connectivity index (χ3n) is 3.08. The fourth-order valence-electron chi connectivity index (χ4n) is 2.10. The van der Waals surface area contributed by atoms with Crippen molar-refractivity contribution in [1.82, 2.24) is 9.38 Å². The SMILES string of the molecule is COc1ccccc1-c1cn2cc(C(=O)O)ccc2n1. The Morgan fingerprint density at radius 2 is 2.00 bits per heavy atom. The Hall–Kier alpha value is -2.82. The van der Waals surface area contributed by atoms with Crippen molar-refractivity contribution < 1.29 is 14.6 Å². The number of para-hydroxylation sites is 1. The van der Waals surface area contributed by atoms with Crippen molar-refractivity contribution in [3.63, 3.8) is 0 Å². The molecule has 20 heavy (non-hydrogen) atoms. The van der Waals surface area contributed by atoms with Gasteiger partial charge in [-0.1, -0.05) is 12.1 Å². The number of methoxy groups -OCH3 is 1. The first kappa shape index (κ1) is 12.2. The number of hydrogen-bond acceptors (Lipinski definition) is 3. The maximum Gasteiger partial charge on any atom is 0.337 e. The number of hydrogen-bond donors (Lipinski definition) is 1. The first-order chi connectivity index (χ1) is 9.69. The zero-order valence-corrected chi connectivity index (χ0v) is 10.8. The lowest BCUT2D eigenvalue weighted by molar-refractivity contribution is 0.0696. The second-order valence-corrected chi connectivity index (χ2v) is 4.31. The van der Waals surface area contributed by atoms with Crippen LogP contribution in [0, 0.1) is 0 Å². The maximum absolute atomic E-state index is 11.0. The molecule has 100 valence electrons. The summed E-state index contributed by atoms with van der Waals surface area (Å²) in [6.45, 7) is 0. The Balaban J connectivity index is 2.15. The molecular weight excluding hydrogens is 256 g/mol. The van der Waals surface area contributed by atoms with Crippen LogP contribution in [0.1, 0.15) is 10.4 Å². The number of nitrogens with zero attached hydrogens (tertiary/aromatic N) is 2. The molecular formula is C15H12N2O3. The van der Waals surface area contributed by atoms with Crippen LogP contribution >= 0.6 is 0 Å².